The first-order valence-electron chi connectivity index (χ1n) is 10.5. The van der Waals surface area contributed by atoms with E-state index >= 15 is 0 Å². The number of hydrogen-bond donors (Lipinski definition) is 1. The number of nitrogens with zero attached hydrogens (tertiary/aromatic N) is 5. The molecule has 182 valence electrons. The second-order valence-corrected chi connectivity index (χ2v) is 10.7. The van der Waals surface area contributed by atoms with Gasteiger partial charge in [0.15, 0.2) is 5.03 Å². The van der Waals surface area contributed by atoms with Gasteiger partial charge in [0, 0.05) is 38.6 Å². The number of carbonyl (C=O) groups excluding carboxylic acids is 1. The lowest BCUT2D eigenvalue weighted by Crippen LogP contribution is -2.44. The van der Waals surface area contributed by atoms with Crippen molar-refractivity contribution < 1.29 is 26.4 Å². The van der Waals surface area contributed by atoms with Gasteiger partial charge < -0.3 is 15.2 Å². The van der Waals surface area contributed by atoms with Crippen molar-refractivity contribution in [2.24, 2.45) is 18.2 Å². The Bertz CT molecular complexity index is 1260. The number of nitrogens with two attached hydrogens (primary N) is 1. The Kier molecular flexibility index (Phi) is 5.85. The number of imidazole rings is 1. The number of alkyl halides is 3. The number of carbonyl (C=O) groups is 1. The topological polar surface area (TPSA) is 125 Å². The van der Waals surface area contributed by atoms with Crippen LogP contribution in [0.1, 0.15) is 30.4 Å². The van der Waals surface area contributed by atoms with Crippen molar-refractivity contribution in [3.05, 3.63) is 41.9 Å². The summed E-state index contributed by atoms with van der Waals surface area (Å²) in [7, 11) is -2.42. The molecule has 2 N–H and O–H groups in total. The van der Waals surface area contributed by atoms with E-state index in [1.54, 1.807) is 18.0 Å². The van der Waals surface area contributed by atoms with Gasteiger partial charge in [0.1, 0.15) is 6.04 Å². The normalized spacial score (nSPS) is 21.0. The molecule has 1 aromatic heterocycles. The summed E-state index contributed by atoms with van der Waals surface area (Å²) < 4.78 is 69.0. The van der Waals surface area contributed by atoms with Crippen LogP contribution in [0.3, 0.4) is 0 Å². The van der Waals surface area contributed by atoms with E-state index in [0.29, 0.717) is 31.6 Å². The summed E-state index contributed by atoms with van der Waals surface area (Å²) in [4.78, 5) is 17.8. The molecule has 9 nitrogen and oxygen atoms in total. The van der Waals surface area contributed by atoms with Crippen LogP contribution in [0.5, 0.6) is 0 Å². The molecule has 2 aliphatic heterocycles. The lowest BCUT2D eigenvalue weighted by Gasteiger charge is -2.40. The van der Waals surface area contributed by atoms with Crippen LogP contribution >= 0.6 is 0 Å². The fraction of sp³-hybridized carbons (Fsp3) is 0.476. The van der Waals surface area contributed by atoms with Crippen LogP contribution in [-0.4, -0.2) is 53.9 Å². The minimum atomic E-state index is -4.65. The average molecular weight is 497 g/mol. The molecule has 1 atom stereocenters. The lowest BCUT2D eigenvalue weighted by molar-refractivity contribution is -0.137. The molecule has 2 saturated heterocycles. The van der Waals surface area contributed by atoms with Crippen molar-refractivity contribution in [3.63, 3.8) is 0 Å². The van der Waals surface area contributed by atoms with Crippen molar-refractivity contribution in [2.45, 2.75) is 36.5 Å². The summed E-state index contributed by atoms with van der Waals surface area (Å²) >= 11 is 0. The third kappa shape index (κ3) is 4.23. The highest BCUT2D eigenvalue weighted by Gasteiger charge is 2.52. The van der Waals surface area contributed by atoms with Crippen LogP contribution in [0.2, 0.25) is 0 Å². The second kappa shape index (κ2) is 8.28. The number of anilines is 1. The zero-order chi connectivity index (χ0) is 24.9. The van der Waals surface area contributed by atoms with Gasteiger partial charge in [-0.25, -0.2) is 13.4 Å². The van der Waals surface area contributed by atoms with E-state index in [1.165, 1.54) is 23.2 Å². The van der Waals surface area contributed by atoms with Gasteiger partial charge in [0.05, 0.1) is 23.5 Å². The molecule has 1 aromatic carbocycles. The summed E-state index contributed by atoms with van der Waals surface area (Å²) in [6, 6.07) is 4.15. The number of nitriles is 1. The van der Waals surface area contributed by atoms with Gasteiger partial charge in [-0.1, -0.05) is 0 Å². The number of sulfonamides is 1. The van der Waals surface area contributed by atoms with Crippen molar-refractivity contribution in [1.29, 1.82) is 5.26 Å². The quantitative estimate of drug-likeness (QED) is 0.689. The first-order chi connectivity index (χ1) is 15.9. The smallest absolute Gasteiger partial charge is 0.371 e. The van der Waals surface area contributed by atoms with Crippen molar-refractivity contribution >= 4 is 21.6 Å². The maximum absolute atomic E-state index is 13.4. The Morgan fingerprint density at radius 2 is 1.97 bits per heavy atom. The molecule has 3 heterocycles. The first kappa shape index (κ1) is 24.0. The second-order valence-electron chi connectivity index (χ2n) is 8.88. The van der Waals surface area contributed by atoms with Gasteiger partial charge in [-0.15, -0.1) is 0 Å². The van der Waals surface area contributed by atoms with E-state index in [2.05, 4.69) is 4.98 Å². The number of amides is 1. The Morgan fingerprint density at radius 1 is 1.29 bits per heavy atom. The maximum atomic E-state index is 13.4. The number of hydrogen-bond acceptors (Lipinski definition) is 6. The Balaban J connectivity index is 1.55. The SMILES string of the molecule is Cn1cnc(S(=O)(=O)N2CC3(CCN(c4ccc(C#N)c(C(F)(F)F)c4)CC3)CC2C(N)=O)c1. The predicted molar refractivity (Wildman–Crippen MR) is 115 cm³/mol. The Hall–Kier alpha value is -3.11. The zero-order valence-corrected chi connectivity index (χ0v) is 19.1. The number of rotatable bonds is 4. The van der Waals surface area contributed by atoms with Gasteiger partial charge in [-0.05, 0) is 42.9 Å². The molecule has 2 fully saturated rings. The van der Waals surface area contributed by atoms with Crippen LogP contribution in [0.25, 0.3) is 0 Å². The van der Waals surface area contributed by atoms with E-state index in [-0.39, 0.29) is 18.0 Å². The summed E-state index contributed by atoms with van der Waals surface area (Å²) in [6.45, 7) is 0.812. The third-order valence-electron chi connectivity index (χ3n) is 6.67. The van der Waals surface area contributed by atoms with Crippen molar-refractivity contribution in [3.8, 4) is 6.07 Å². The predicted octanol–water partition coefficient (Wildman–Crippen LogP) is 1.85. The number of benzene rings is 1. The Labute approximate surface area is 194 Å². The maximum Gasteiger partial charge on any atom is 0.417 e. The molecule has 1 amide bonds. The monoisotopic (exact) mass is 496 g/mol. The highest BCUT2D eigenvalue weighted by molar-refractivity contribution is 7.89. The molecule has 0 bridgehead atoms. The molecular weight excluding hydrogens is 473 g/mol. The van der Waals surface area contributed by atoms with E-state index in [9.17, 15) is 26.4 Å². The van der Waals surface area contributed by atoms with Gasteiger partial charge in [0.2, 0.25) is 5.91 Å². The van der Waals surface area contributed by atoms with E-state index in [0.717, 1.165) is 16.4 Å². The number of aromatic nitrogens is 2. The van der Waals surface area contributed by atoms with Crippen molar-refractivity contribution in [2.75, 3.05) is 24.5 Å². The molecule has 4 rings (SSSR count). The van der Waals surface area contributed by atoms with Crippen LogP contribution in [0, 0.1) is 16.7 Å². The molecule has 0 saturated carbocycles. The molecular formula is C21H23F3N6O3S. The molecule has 13 heteroatoms. The summed E-state index contributed by atoms with van der Waals surface area (Å²) in [6.07, 6.45) is -0.784. The molecule has 34 heavy (non-hydrogen) atoms. The standard InChI is InChI=1S/C21H23F3N6O3S/c1-28-11-18(27-13-28)34(32,33)30-12-20(9-17(30)19(26)31)4-6-29(7-5-20)15-3-2-14(10-25)16(8-15)21(22,23)24/h2-3,8,11,13,17H,4-7,9,12H2,1H3,(H2,26,31). The number of halogens is 3. The minimum absolute atomic E-state index is 0.0779. The number of primary amides is 1. The molecule has 2 aliphatic rings. The molecule has 2 aromatic rings. The van der Waals surface area contributed by atoms with E-state index in [4.69, 9.17) is 11.0 Å². The number of aryl methyl sites for hydroxylation is 1. The fourth-order valence-corrected chi connectivity index (χ4v) is 6.49. The minimum Gasteiger partial charge on any atom is -0.371 e. The molecule has 0 aliphatic carbocycles. The van der Waals surface area contributed by atoms with E-state index in [1.807, 2.05) is 0 Å². The Morgan fingerprint density at radius 3 is 2.50 bits per heavy atom. The molecule has 0 radical (unpaired) electrons. The van der Waals surface area contributed by atoms with Crippen LogP contribution in [0.4, 0.5) is 18.9 Å². The summed E-state index contributed by atoms with van der Waals surface area (Å²) in [5, 5.41) is 8.83. The molecule has 1 unspecified atom stereocenters. The highest BCUT2D eigenvalue weighted by atomic mass is 32.2. The third-order valence-corrected chi connectivity index (χ3v) is 8.41. The largest absolute Gasteiger partial charge is 0.417 e. The fourth-order valence-electron chi connectivity index (χ4n) is 4.82. The summed E-state index contributed by atoms with van der Waals surface area (Å²) in [5.74, 6) is -0.749. The van der Waals surface area contributed by atoms with E-state index < -0.39 is 44.7 Å². The van der Waals surface area contributed by atoms with Gasteiger partial charge >= 0.3 is 6.18 Å². The first-order valence-corrected chi connectivity index (χ1v) is 12.0. The number of piperidine rings is 1. The lowest BCUT2D eigenvalue weighted by atomic mass is 9.76. The van der Waals surface area contributed by atoms with Crippen LogP contribution in [-0.2, 0) is 28.0 Å². The van der Waals surface area contributed by atoms with Gasteiger partial charge in [-0.3, -0.25) is 4.79 Å². The zero-order valence-electron chi connectivity index (χ0n) is 18.3. The van der Waals surface area contributed by atoms with Crippen LogP contribution < -0.4 is 10.6 Å². The highest BCUT2D eigenvalue weighted by Crippen LogP contribution is 2.46. The average Bonchev–Trinajstić information content (AvgIpc) is 3.38. The molecule has 1 spiro atoms. The van der Waals surface area contributed by atoms with Gasteiger partial charge in [0.25, 0.3) is 10.0 Å². The van der Waals surface area contributed by atoms with Crippen LogP contribution in [0.15, 0.2) is 35.7 Å². The van der Waals surface area contributed by atoms with Gasteiger partial charge in [-0.2, -0.15) is 22.7 Å². The van der Waals surface area contributed by atoms with Crippen molar-refractivity contribution in [1.82, 2.24) is 13.9 Å². The summed E-state index contributed by atoms with van der Waals surface area (Å²) in [5.41, 5.74) is 3.92.